The number of thiazole rings is 1. The van der Waals surface area contributed by atoms with Crippen molar-refractivity contribution in [2.75, 3.05) is 24.6 Å². The first-order valence-electron chi connectivity index (χ1n) is 9.02. The minimum absolute atomic E-state index is 0. The third-order valence-corrected chi connectivity index (χ3v) is 6.43. The fourth-order valence-corrected chi connectivity index (χ4v) is 4.85. The normalized spacial score (nSPS) is 19.8. The van der Waals surface area contributed by atoms with Crippen LogP contribution in [-0.4, -0.2) is 81.2 Å². The Morgan fingerprint density at radius 2 is 2.09 bits per heavy atom. The Balaban J connectivity index is 0.00000432. The van der Waals surface area contributed by atoms with Crippen LogP contribution in [0.1, 0.15) is 5.69 Å². The molecule has 19 heteroatoms. The van der Waals surface area contributed by atoms with E-state index in [2.05, 4.69) is 20.2 Å². The van der Waals surface area contributed by atoms with Crippen LogP contribution in [0.5, 0.6) is 0 Å². The molecule has 3 rings (SSSR count). The third kappa shape index (κ3) is 6.57. The minimum atomic E-state index is -4.67. The van der Waals surface area contributed by atoms with Crippen molar-refractivity contribution in [2.24, 2.45) is 5.16 Å². The Morgan fingerprint density at radius 1 is 1.40 bits per heavy atom. The molecule has 0 aromatic carbocycles. The fourth-order valence-electron chi connectivity index (χ4n) is 2.98. The number of rotatable bonds is 7. The van der Waals surface area contributed by atoms with Gasteiger partial charge in [-0.25, -0.2) is 9.78 Å². The summed E-state index contributed by atoms with van der Waals surface area (Å²) in [4.78, 5) is 52.7. The molecule has 184 valence electrons. The Labute approximate surface area is 224 Å². The number of nitrogens with zero attached hydrogens (tertiary/aromatic N) is 3. The number of nitrogens with two attached hydrogens (primary N) is 1. The summed E-state index contributed by atoms with van der Waals surface area (Å²) >= 11 is 1.98. The molecule has 35 heavy (non-hydrogen) atoms. The molecule has 1 aromatic heterocycles. The number of carbonyl (C=O) groups is 4. The minimum Gasteiger partial charge on any atom is -0.543 e. The number of nitrogen functional groups attached to an aromatic ring is 1. The van der Waals surface area contributed by atoms with E-state index < -0.39 is 66.0 Å². The number of carboxylic acid groups (broad SMARTS) is 1. The number of halogens is 3. The topological polar surface area (TPSA) is 199 Å². The average Bonchev–Trinajstić information content (AvgIpc) is 3.19. The van der Waals surface area contributed by atoms with Gasteiger partial charge in [0.15, 0.2) is 10.8 Å². The van der Waals surface area contributed by atoms with Crippen LogP contribution in [0.3, 0.4) is 0 Å². The van der Waals surface area contributed by atoms with E-state index in [-0.39, 0.29) is 51.7 Å². The summed E-state index contributed by atoms with van der Waals surface area (Å²) in [6.07, 6.45) is -6.10. The number of alkyl halides is 3. The van der Waals surface area contributed by atoms with Gasteiger partial charge in [0.2, 0.25) is 0 Å². The van der Waals surface area contributed by atoms with Gasteiger partial charge in [-0.2, -0.15) is 13.2 Å². The number of carboxylic acids is 1. The molecule has 2 aliphatic rings. The second kappa shape index (κ2) is 11.5. The number of alkyl carbamates (subject to hydrolysis) is 1. The maximum atomic E-state index is 12.6. The van der Waals surface area contributed by atoms with Crippen LogP contribution in [-0.2, 0) is 19.1 Å². The second-order valence-corrected chi connectivity index (χ2v) is 8.66. The molecule has 1 saturated heterocycles. The summed E-state index contributed by atoms with van der Waals surface area (Å²) in [6.45, 7) is -2.35. The molecule has 3 heterocycles. The van der Waals surface area contributed by atoms with E-state index in [1.807, 2.05) is 0 Å². The predicted molar refractivity (Wildman–Crippen MR) is 107 cm³/mol. The third-order valence-electron chi connectivity index (χ3n) is 4.42. The van der Waals surface area contributed by atoms with E-state index in [0.29, 0.717) is 0 Å². The van der Waals surface area contributed by atoms with Gasteiger partial charge in [-0.3, -0.25) is 14.5 Å². The molecule has 0 aliphatic carbocycles. The van der Waals surface area contributed by atoms with Crippen LogP contribution in [0.4, 0.5) is 23.1 Å². The zero-order valence-corrected chi connectivity index (χ0v) is 21.3. The van der Waals surface area contributed by atoms with Crippen LogP contribution in [0.15, 0.2) is 21.8 Å². The molecule has 5 N–H and O–H groups in total. The van der Waals surface area contributed by atoms with Crippen LogP contribution >= 0.6 is 23.1 Å². The van der Waals surface area contributed by atoms with Gasteiger partial charge in [0, 0.05) is 16.7 Å². The largest absolute Gasteiger partial charge is 1.00 e. The quantitative estimate of drug-likeness (QED) is 0.0851. The van der Waals surface area contributed by atoms with Gasteiger partial charge in [-0.15, -0.1) is 23.1 Å². The number of aliphatic carboxylic acids is 1. The zero-order valence-electron chi connectivity index (χ0n) is 17.6. The SMILES string of the molecule is Nc1nc(/C(=N/O)C(=O)NC2C(=O)N3C(C(=O)[O-])=C(COC(=O)NCC(F)(F)F)CS[C@@H]23)cs1.[Na+]. The van der Waals surface area contributed by atoms with Gasteiger partial charge < -0.3 is 36.2 Å². The Bertz CT molecular complexity index is 1100. The van der Waals surface area contributed by atoms with Gasteiger partial charge in [-0.05, 0) is 0 Å². The number of thioether (sulfide) groups is 1. The second-order valence-electron chi connectivity index (χ2n) is 6.67. The van der Waals surface area contributed by atoms with Crippen molar-refractivity contribution in [1.29, 1.82) is 0 Å². The molecule has 2 atom stereocenters. The van der Waals surface area contributed by atoms with E-state index in [0.717, 1.165) is 28.0 Å². The number of hydrogen-bond donors (Lipinski definition) is 4. The van der Waals surface area contributed by atoms with Gasteiger partial charge in [-0.1, -0.05) is 5.16 Å². The Morgan fingerprint density at radius 3 is 2.63 bits per heavy atom. The molecule has 0 saturated carbocycles. The summed E-state index contributed by atoms with van der Waals surface area (Å²) in [6, 6.07) is -1.20. The van der Waals surface area contributed by atoms with Crippen molar-refractivity contribution >= 4 is 57.8 Å². The van der Waals surface area contributed by atoms with Crippen molar-refractivity contribution in [2.45, 2.75) is 17.6 Å². The number of carbonyl (C=O) groups excluding carboxylic acids is 4. The van der Waals surface area contributed by atoms with E-state index in [1.54, 1.807) is 0 Å². The monoisotopic (exact) mass is 546 g/mol. The van der Waals surface area contributed by atoms with Crippen molar-refractivity contribution in [3.8, 4) is 0 Å². The smallest absolute Gasteiger partial charge is 0.543 e. The Kier molecular flexibility index (Phi) is 9.40. The number of nitrogens with one attached hydrogen (secondary N) is 2. The molecule has 1 aromatic rings. The first-order valence-corrected chi connectivity index (χ1v) is 11.0. The molecular formula is C16H14F3N6NaO7S2. The van der Waals surface area contributed by atoms with Crippen molar-refractivity contribution < 1.29 is 77.0 Å². The molecule has 13 nitrogen and oxygen atoms in total. The van der Waals surface area contributed by atoms with Crippen molar-refractivity contribution in [3.63, 3.8) is 0 Å². The summed E-state index contributed by atoms with van der Waals surface area (Å²) in [5.41, 5.74) is 4.21. The van der Waals surface area contributed by atoms with E-state index in [1.165, 1.54) is 10.7 Å². The summed E-state index contributed by atoms with van der Waals surface area (Å²) in [5, 5.41) is 28.0. The average molecular weight is 546 g/mol. The Hall–Kier alpha value is -2.54. The summed E-state index contributed by atoms with van der Waals surface area (Å²) < 4.78 is 41.1. The predicted octanol–water partition coefficient (Wildman–Crippen LogP) is -4.40. The zero-order chi connectivity index (χ0) is 25.2. The number of aromatic nitrogens is 1. The molecular weight excluding hydrogens is 532 g/mol. The van der Waals surface area contributed by atoms with Crippen molar-refractivity contribution in [1.82, 2.24) is 20.5 Å². The molecule has 0 radical (unpaired) electrons. The molecule has 3 amide bonds. The molecule has 0 bridgehead atoms. The number of β-lactam (4-membered cyclic amide) rings is 1. The molecule has 1 fully saturated rings. The number of amides is 3. The summed E-state index contributed by atoms with van der Waals surface area (Å²) in [5.74, 6) is -3.70. The van der Waals surface area contributed by atoms with Crippen LogP contribution in [0, 0.1) is 0 Å². The van der Waals surface area contributed by atoms with E-state index in [9.17, 15) is 37.5 Å². The number of fused-ring (bicyclic) bond motifs is 1. The number of ether oxygens (including phenoxy) is 1. The molecule has 0 spiro atoms. The molecule has 2 aliphatic heterocycles. The van der Waals surface area contributed by atoms with Crippen LogP contribution in [0.25, 0.3) is 0 Å². The summed E-state index contributed by atoms with van der Waals surface area (Å²) in [7, 11) is 0. The van der Waals surface area contributed by atoms with Crippen molar-refractivity contribution in [3.05, 3.63) is 22.3 Å². The first-order chi connectivity index (χ1) is 15.9. The number of hydrogen-bond acceptors (Lipinski definition) is 12. The fraction of sp³-hybridized carbons (Fsp3) is 0.375. The maximum absolute atomic E-state index is 12.6. The molecule has 1 unspecified atom stereocenters. The van der Waals surface area contributed by atoms with Gasteiger partial charge in [0.05, 0.1) is 11.7 Å². The van der Waals surface area contributed by atoms with E-state index in [4.69, 9.17) is 10.9 Å². The van der Waals surface area contributed by atoms with Gasteiger partial charge >= 0.3 is 41.8 Å². The van der Waals surface area contributed by atoms with Gasteiger partial charge in [0.1, 0.15) is 30.3 Å². The maximum Gasteiger partial charge on any atom is 1.00 e. The first kappa shape index (κ1) is 28.7. The standard InChI is InChI=1S/C16H15F3N6O7S2.Na/c17-16(18,19)4-21-15(30)32-1-5-2-33-12-8(11(27)25(12)9(5)13(28)29)23-10(26)7(24-31)6-3-34-14(20)22-6;/h3,8,12,31H,1-2,4H2,(H2,20,22)(H,21,30)(H,23,26)(H,28,29);/q;+1/p-1/b24-7-;/t8?,12-;/m0./s1. The van der Waals surface area contributed by atoms with Crippen LogP contribution < -0.4 is 51.0 Å². The number of anilines is 1. The number of oxime groups is 1. The van der Waals surface area contributed by atoms with Crippen LogP contribution in [0.2, 0.25) is 0 Å². The van der Waals surface area contributed by atoms with E-state index >= 15 is 0 Å². The van der Waals surface area contributed by atoms with Gasteiger partial charge in [0.25, 0.3) is 11.8 Å².